The predicted octanol–water partition coefficient (Wildman–Crippen LogP) is 4.66. The molecule has 2 N–H and O–H groups in total. The van der Waals surface area contributed by atoms with Gasteiger partial charge in [-0.1, -0.05) is 49.4 Å². The van der Waals surface area contributed by atoms with Crippen LogP contribution in [0.4, 0.5) is 5.69 Å². The van der Waals surface area contributed by atoms with Crippen molar-refractivity contribution < 1.29 is 4.74 Å². The number of nitrogens with zero attached hydrogens (tertiary/aromatic N) is 4. The lowest BCUT2D eigenvalue weighted by atomic mass is 9.96. The number of ether oxygens (including phenoxy) is 1. The van der Waals surface area contributed by atoms with Gasteiger partial charge in [0.05, 0.1) is 36.1 Å². The number of anilines is 1. The van der Waals surface area contributed by atoms with E-state index < -0.39 is 0 Å². The van der Waals surface area contributed by atoms with Crippen molar-refractivity contribution in [3.05, 3.63) is 95.9 Å². The molecule has 2 aromatic carbocycles. The second-order valence-corrected chi connectivity index (χ2v) is 8.95. The minimum atomic E-state index is -0.130. The molecule has 176 valence electrons. The van der Waals surface area contributed by atoms with Crippen LogP contribution >= 0.6 is 0 Å². The van der Waals surface area contributed by atoms with Crippen LogP contribution < -0.4 is 15.4 Å². The maximum Gasteiger partial charge on any atom is 0.237 e. The number of pyridine rings is 1. The minimum absolute atomic E-state index is 0.0162. The number of rotatable bonds is 7. The lowest BCUT2D eigenvalue weighted by Crippen LogP contribution is -2.43. The Morgan fingerprint density at radius 3 is 2.63 bits per heavy atom. The summed E-state index contributed by atoms with van der Waals surface area (Å²) in [4.78, 5) is 4.61. The number of benzene rings is 2. The quantitative estimate of drug-likeness (QED) is 0.414. The molecule has 0 saturated carbocycles. The summed E-state index contributed by atoms with van der Waals surface area (Å²) in [5, 5.41) is 20.6. The van der Waals surface area contributed by atoms with Crippen molar-refractivity contribution in [1.82, 2.24) is 20.1 Å². The highest BCUT2D eigenvalue weighted by atomic mass is 16.5. The van der Waals surface area contributed by atoms with Gasteiger partial charge in [-0.2, -0.15) is 10.4 Å². The summed E-state index contributed by atoms with van der Waals surface area (Å²) in [6.45, 7) is 3.61. The van der Waals surface area contributed by atoms with E-state index in [1.807, 2.05) is 56.0 Å². The molecule has 2 aromatic heterocycles. The summed E-state index contributed by atoms with van der Waals surface area (Å²) < 4.78 is 8.20. The second kappa shape index (κ2) is 10.00. The van der Waals surface area contributed by atoms with Crippen molar-refractivity contribution in [2.24, 2.45) is 7.05 Å². The van der Waals surface area contributed by atoms with Crippen molar-refractivity contribution in [3.63, 3.8) is 0 Å². The number of hydrogen-bond acceptors (Lipinski definition) is 6. The van der Waals surface area contributed by atoms with Crippen LogP contribution in [0.15, 0.2) is 79.3 Å². The third kappa shape index (κ3) is 5.03. The monoisotopic (exact) mass is 464 g/mol. The van der Waals surface area contributed by atoms with Gasteiger partial charge in [0.1, 0.15) is 6.10 Å². The topological polar surface area (TPSA) is 87.8 Å². The normalized spacial score (nSPS) is 16.3. The maximum atomic E-state index is 9.07. The van der Waals surface area contributed by atoms with Gasteiger partial charge >= 0.3 is 0 Å². The molecule has 0 saturated heterocycles. The van der Waals surface area contributed by atoms with Crippen LogP contribution in [-0.4, -0.2) is 34.0 Å². The first-order chi connectivity index (χ1) is 17.1. The van der Waals surface area contributed by atoms with Crippen LogP contribution in [0.2, 0.25) is 0 Å². The number of aryl methyl sites for hydroxylation is 1. The smallest absolute Gasteiger partial charge is 0.237 e. The zero-order valence-corrected chi connectivity index (χ0v) is 19.8. The fraction of sp³-hybridized carbons (Fsp3) is 0.250. The molecule has 1 aliphatic rings. The Hall–Kier alpha value is -4.15. The van der Waals surface area contributed by atoms with Crippen LogP contribution in [0, 0.1) is 11.3 Å². The van der Waals surface area contributed by atoms with Crippen LogP contribution in [0.3, 0.4) is 0 Å². The van der Waals surface area contributed by atoms with Gasteiger partial charge in [0, 0.05) is 37.1 Å². The maximum absolute atomic E-state index is 9.07. The number of nitrogens with one attached hydrogen (secondary N) is 2. The zero-order chi connectivity index (χ0) is 24.2. The summed E-state index contributed by atoms with van der Waals surface area (Å²) in [6, 6.07) is 22.4. The summed E-state index contributed by atoms with van der Waals surface area (Å²) in [5.41, 5.74) is 5.95. The van der Waals surface area contributed by atoms with E-state index in [4.69, 9.17) is 10.00 Å². The molecule has 5 rings (SSSR count). The van der Waals surface area contributed by atoms with Gasteiger partial charge in [0.15, 0.2) is 0 Å². The van der Waals surface area contributed by atoms with Gasteiger partial charge in [0.2, 0.25) is 5.88 Å². The first-order valence-corrected chi connectivity index (χ1v) is 11.8. The molecular formula is C28H28N6O. The molecule has 7 heteroatoms. The molecule has 0 fully saturated rings. The predicted molar refractivity (Wildman–Crippen MR) is 136 cm³/mol. The van der Waals surface area contributed by atoms with Crippen LogP contribution in [0.25, 0.3) is 11.1 Å². The van der Waals surface area contributed by atoms with E-state index >= 15 is 0 Å². The number of nitriles is 1. The van der Waals surface area contributed by atoms with E-state index in [0.29, 0.717) is 18.0 Å². The Labute approximate surface area is 205 Å². The molecule has 0 spiro atoms. The first-order valence-electron chi connectivity index (χ1n) is 11.8. The molecule has 7 nitrogen and oxygen atoms in total. The standard InChI is InChI=1S/C28H28N6O/c1-19(21-10-8-20(13-29)9-11-21)14-31-27(22-6-4-3-5-7-22)26-17-30-25-12-23(15-32-28(25)35-26)24-16-33-34(2)18-24/h3-12,15-16,18-19,26-27,30-31H,14,17H2,1-2H3/t19-,26-,27+/m0/s1. The van der Waals surface area contributed by atoms with Crippen molar-refractivity contribution in [1.29, 1.82) is 5.26 Å². The Bertz CT molecular complexity index is 1330. The summed E-state index contributed by atoms with van der Waals surface area (Å²) in [5.74, 6) is 0.884. The molecule has 0 amide bonds. The SMILES string of the molecule is C[C@@H](CN[C@H](c1ccccc1)[C@@H]1CNc2cc(-c3cnn(C)c3)cnc2O1)c1ccc(C#N)cc1. The lowest BCUT2D eigenvalue weighted by Gasteiger charge is -2.34. The fourth-order valence-electron chi connectivity index (χ4n) is 4.41. The molecular weight excluding hydrogens is 436 g/mol. The van der Waals surface area contributed by atoms with Gasteiger partial charge in [-0.05, 0) is 35.2 Å². The van der Waals surface area contributed by atoms with E-state index in [1.54, 1.807) is 4.68 Å². The summed E-state index contributed by atoms with van der Waals surface area (Å²) >= 11 is 0. The highest BCUT2D eigenvalue weighted by molar-refractivity contribution is 5.69. The van der Waals surface area contributed by atoms with Gasteiger partial charge in [-0.15, -0.1) is 0 Å². The van der Waals surface area contributed by atoms with Crippen molar-refractivity contribution in [3.8, 4) is 23.1 Å². The molecule has 1 aliphatic heterocycles. The van der Waals surface area contributed by atoms with Crippen molar-refractivity contribution >= 4 is 5.69 Å². The zero-order valence-electron chi connectivity index (χ0n) is 19.8. The van der Waals surface area contributed by atoms with Crippen LogP contribution in [0.1, 0.15) is 35.6 Å². The Morgan fingerprint density at radius 1 is 1.11 bits per heavy atom. The van der Waals surface area contributed by atoms with E-state index in [1.165, 1.54) is 11.1 Å². The van der Waals surface area contributed by atoms with E-state index in [2.05, 4.69) is 64.0 Å². The van der Waals surface area contributed by atoms with E-state index in [0.717, 1.165) is 23.4 Å². The van der Waals surface area contributed by atoms with E-state index in [-0.39, 0.29) is 18.1 Å². The Balaban J connectivity index is 1.33. The third-order valence-corrected chi connectivity index (χ3v) is 6.43. The van der Waals surface area contributed by atoms with Crippen LogP contribution in [0.5, 0.6) is 5.88 Å². The second-order valence-electron chi connectivity index (χ2n) is 8.95. The molecule has 0 unspecified atom stereocenters. The average molecular weight is 465 g/mol. The number of fused-ring (bicyclic) bond motifs is 1. The Morgan fingerprint density at radius 2 is 1.91 bits per heavy atom. The van der Waals surface area contributed by atoms with Gasteiger partial charge < -0.3 is 15.4 Å². The lowest BCUT2D eigenvalue weighted by molar-refractivity contribution is 0.149. The molecule has 3 atom stereocenters. The van der Waals surface area contributed by atoms with E-state index in [9.17, 15) is 0 Å². The van der Waals surface area contributed by atoms with Gasteiger partial charge in [-0.3, -0.25) is 4.68 Å². The molecule has 0 bridgehead atoms. The van der Waals surface area contributed by atoms with Gasteiger partial charge in [0.25, 0.3) is 0 Å². The minimum Gasteiger partial charge on any atom is -0.469 e. The Kier molecular flexibility index (Phi) is 6.47. The average Bonchev–Trinajstić information content (AvgIpc) is 3.35. The third-order valence-electron chi connectivity index (χ3n) is 6.43. The number of aromatic nitrogens is 3. The molecule has 4 aromatic rings. The van der Waals surface area contributed by atoms with Gasteiger partial charge in [-0.25, -0.2) is 4.98 Å². The molecule has 35 heavy (non-hydrogen) atoms. The first kappa shape index (κ1) is 22.6. The van der Waals surface area contributed by atoms with Crippen molar-refractivity contribution in [2.75, 3.05) is 18.4 Å². The fourth-order valence-corrected chi connectivity index (χ4v) is 4.41. The molecule has 0 aliphatic carbocycles. The highest BCUT2D eigenvalue weighted by Crippen LogP contribution is 2.34. The molecule has 3 heterocycles. The van der Waals surface area contributed by atoms with Crippen molar-refractivity contribution in [2.45, 2.75) is 25.0 Å². The summed E-state index contributed by atoms with van der Waals surface area (Å²) in [7, 11) is 1.90. The van der Waals surface area contributed by atoms with Crippen LogP contribution in [-0.2, 0) is 7.05 Å². The number of hydrogen-bond donors (Lipinski definition) is 2. The summed E-state index contributed by atoms with van der Waals surface area (Å²) in [6.07, 6.45) is 5.51. The largest absolute Gasteiger partial charge is 0.469 e. The molecule has 0 radical (unpaired) electrons. The highest BCUT2D eigenvalue weighted by Gasteiger charge is 2.30.